The fourth-order valence-corrected chi connectivity index (χ4v) is 4.10. The SMILES string of the molecule is CCNC(=O)COc1ccc(/C=C/c2nc3c(ccc4ccccc43)s2)cc1OC. The first-order valence-corrected chi connectivity index (χ1v) is 10.5. The molecule has 1 amide bonds. The van der Waals surface area contributed by atoms with Gasteiger partial charge in [0.05, 0.1) is 17.3 Å². The minimum atomic E-state index is -0.160. The van der Waals surface area contributed by atoms with E-state index in [1.807, 2.05) is 49.4 Å². The number of benzene rings is 3. The average molecular weight is 419 g/mol. The molecule has 0 aliphatic carbocycles. The number of nitrogens with zero attached hydrogens (tertiary/aromatic N) is 1. The lowest BCUT2D eigenvalue weighted by atomic mass is 10.1. The highest BCUT2D eigenvalue weighted by atomic mass is 32.1. The van der Waals surface area contributed by atoms with Crippen molar-refractivity contribution in [3.63, 3.8) is 0 Å². The van der Waals surface area contributed by atoms with Gasteiger partial charge in [-0.3, -0.25) is 4.79 Å². The van der Waals surface area contributed by atoms with Gasteiger partial charge in [-0.1, -0.05) is 42.5 Å². The van der Waals surface area contributed by atoms with Gasteiger partial charge in [0, 0.05) is 11.9 Å². The highest BCUT2D eigenvalue weighted by Gasteiger charge is 2.08. The highest BCUT2D eigenvalue weighted by molar-refractivity contribution is 7.19. The van der Waals surface area contributed by atoms with E-state index in [4.69, 9.17) is 14.5 Å². The van der Waals surface area contributed by atoms with Crippen LogP contribution in [0.1, 0.15) is 17.5 Å². The third-order valence-corrected chi connectivity index (χ3v) is 5.62. The van der Waals surface area contributed by atoms with Crippen LogP contribution in [0.3, 0.4) is 0 Å². The Morgan fingerprint density at radius 2 is 1.97 bits per heavy atom. The van der Waals surface area contributed by atoms with E-state index >= 15 is 0 Å². The molecule has 3 aromatic carbocycles. The molecule has 0 radical (unpaired) electrons. The number of amides is 1. The first-order chi connectivity index (χ1) is 14.7. The summed E-state index contributed by atoms with van der Waals surface area (Å²) in [6.45, 7) is 2.40. The van der Waals surface area contributed by atoms with Gasteiger partial charge in [-0.2, -0.15) is 0 Å². The monoisotopic (exact) mass is 418 g/mol. The van der Waals surface area contributed by atoms with E-state index in [2.05, 4.69) is 29.6 Å². The molecule has 6 heteroatoms. The molecule has 0 saturated carbocycles. The molecule has 152 valence electrons. The molecule has 30 heavy (non-hydrogen) atoms. The van der Waals surface area contributed by atoms with Crippen LogP contribution in [0.2, 0.25) is 0 Å². The zero-order valence-electron chi connectivity index (χ0n) is 16.8. The zero-order chi connectivity index (χ0) is 20.9. The standard InChI is InChI=1S/C24H22N2O3S/c1-3-25-22(27)15-29-19-11-8-16(14-20(19)28-2)9-13-23-26-24-18-7-5-4-6-17(18)10-12-21(24)30-23/h4-14H,3,15H2,1-2H3,(H,25,27)/b13-9+. The summed E-state index contributed by atoms with van der Waals surface area (Å²) >= 11 is 1.66. The molecule has 5 nitrogen and oxygen atoms in total. The van der Waals surface area contributed by atoms with Crippen LogP contribution in [0.25, 0.3) is 33.1 Å². The average Bonchev–Trinajstić information content (AvgIpc) is 3.20. The number of hydrogen-bond donors (Lipinski definition) is 1. The minimum Gasteiger partial charge on any atom is -0.493 e. The van der Waals surface area contributed by atoms with Crippen LogP contribution in [0, 0.1) is 0 Å². The number of carbonyl (C=O) groups excluding carboxylic acids is 1. The van der Waals surface area contributed by atoms with Gasteiger partial charge in [-0.05, 0) is 42.1 Å². The number of thiazole rings is 1. The molecule has 0 atom stereocenters. The number of hydrogen-bond acceptors (Lipinski definition) is 5. The predicted octanol–water partition coefficient (Wildman–Crippen LogP) is 5.14. The normalized spacial score (nSPS) is 11.3. The second kappa shape index (κ2) is 8.97. The number of likely N-dealkylation sites (N-methyl/N-ethyl adjacent to an activating group) is 1. The molecule has 0 spiro atoms. The number of methoxy groups -OCH3 is 1. The Kier molecular flexibility index (Phi) is 5.95. The van der Waals surface area contributed by atoms with Crippen molar-refractivity contribution in [3.8, 4) is 11.5 Å². The first kappa shape index (κ1) is 19.9. The number of ether oxygens (including phenoxy) is 2. The van der Waals surface area contributed by atoms with Gasteiger partial charge >= 0.3 is 0 Å². The summed E-state index contributed by atoms with van der Waals surface area (Å²) in [5.74, 6) is 0.955. The number of fused-ring (bicyclic) bond motifs is 3. The Balaban J connectivity index is 1.55. The first-order valence-electron chi connectivity index (χ1n) is 9.72. The highest BCUT2D eigenvalue weighted by Crippen LogP contribution is 2.31. The lowest BCUT2D eigenvalue weighted by Gasteiger charge is -2.11. The smallest absolute Gasteiger partial charge is 0.257 e. The fourth-order valence-electron chi connectivity index (χ4n) is 3.22. The summed E-state index contributed by atoms with van der Waals surface area (Å²) in [5.41, 5.74) is 1.99. The molecule has 0 saturated heterocycles. The molecule has 0 bridgehead atoms. The maximum absolute atomic E-state index is 11.6. The summed E-state index contributed by atoms with van der Waals surface area (Å²) in [7, 11) is 1.58. The van der Waals surface area contributed by atoms with E-state index in [1.54, 1.807) is 18.4 Å². The lowest BCUT2D eigenvalue weighted by Crippen LogP contribution is -2.28. The van der Waals surface area contributed by atoms with Crippen molar-refractivity contribution in [2.75, 3.05) is 20.3 Å². The van der Waals surface area contributed by atoms with Gasteiger partial charge in [0.25, 0.3) is 5.91 Å². The van der Waals surface area contributed by atoms with Crippen molar-refractivity contribution in [1.29, 1.82) is 0 Å². The maximum atomic E-state index is 11.6. The van der Waals surface area contributed by atoms with Crippen molar-refractivity contribution >= 4 is 50.4 Å². The lowest BCUT2D eigenvalue weighted by molar-refractivity contribution is -0.123. The van der Waals surface area contributed by atoms with Crippen LogP contribution in [-0.4, -0.2) is 31.2 Å². The van der Waals surface area contributed by atoms with Crippen molar-refractivity contribution in [3.05, 3.63) is 65.2 Å². The molecule has 0 unspecified atom stereocenters. The molecule has 0 aliphatic heterocycles. The third-order valence-electron chi connectivity index (χ3n) is 4.64. The van der Waals surface area contributed by atoms with Gasteiger partial charge in [-0.15, -0.1) is 11.3 Å². The summed E-state index contributed by atoms with van der Waals surface area (Å²) in [5, 5.41) is 6.01. The van der Waals surface area contributed by atoms with Gasteiger partial charge < -0.3 is 14.8 Å². The van der Waals surface area contributed by atoms with E-state index in [9.17, 15) is 4.79 Å². The van der Waals surface area contributed by atoms with E-state index < -0.39 is 0 Å². The second-order valence-electron chi connectivity index (χ2n) is 6.67. The summed E-state index contributed by atoms with van der Waals surface area (Å²) < 4.78 is 12.2. The van der Waals surface area contributed by atoms with Crippen LogP contribution in [0.4, 0.5) is 0 Å². The molecular formula is C24H22N2O3S. The van der Waals surface area contributed by atoms with Crippen molar-refractivity contribution in [2.24, 2.45) is 0 Å². The van der Waals surface area contributed by atoms with Crippen molar-refractivity contribution < 1.29 is 14.3 Å². The molecule has 4 aromatic rings. The second-order valence-corrected chi connectivity index (χ2v) is 7.73. The summed E-state index contributed by atoms with van der Waals surface area (Å²) in [4.78, 5) is 16.4. The van der Waals surface area contributed by atoms with Gasteiger partial charge in [0.15, 0.2) is 18.1 Å². The van der Waals surface area contributed by atoms with Gasteiger partial charge in [0.2, 0.25) is 0 Å². The Bertz CT molecular complexity index is 1230. The van der Waals surface area contributed by atoms with Gasteiger partial charge in [0.1, 0.15) is 5.01 Å². The van der Waals surface area contributed by atoms with E-state index in [-0.39, 0.29) is 12.5 Å². The number of rotatable bonds is 7. The Hall–Kier alpha value is -3.38. The zero-order valence-corrected chi connectivity index (χ0v) is 17.7. The Morgan fingerprint density at radius 3 is 2.80 bits per heavy atom. The topological polar surface area (TPSA) is 60.5 Å². The van der Waals surface area contributed by atoms with Crippen LogP contribution in [0.15, 0.2) is 54.6 Å². The minimum absolute atomic E-state index is 0.0426. The van der Waals surface area contributed by atoms with Crippen LogP contribution < -0.4 is 14.8 Å². The molecule has 1 heterocycles. The third kappa shape index (κ3) is 4.28. The van der Waals surface area contributed by atoms with Crippen LogP contribution >= 0.6 is 11.3 Å². The largest absolute Gasteiger partial charge is 0.493 e. The molecule has 1 aromatic heterocycles. The molecule has 0 fully saturated rings. The number of nitrogens with one attached hydrogen (secondary N) is 1. The van der Waals surface area contributed by atoms with Crippen molar-refractivity contribution in [1.82, 2.24) is 10.3 Å². The molecule has 4 rings (SSSR count). The number of carbonyl (C=O) groups is 1. The molecule has 1 N–H and O–H groups in total. The molecule has 0 aliphatic rings. The van der Waals surface area contributed by atoms with E-state index in [0.717, 1.165) is 16.1 Å². The fraction of sp³-hybridized carbons (Fsp3) is 0.167. The summed E-state index contributed by atoms with van der Waals surface area (Å²) in [6, 6.07) is 18.2. The van der Waals surface area contributed by atoms with Gasteiger partial charge in [-0.25, -0.2) is 4.98 Å². The van der Waals surface area contributed by atoms with E-state index in [1.165, 1.54) is 15.5 Å². The molecular weight excluding hydrogens is 396 g/mol. The number of aromatic nitrogens is 1. The Morgan fingerprint density at radius 1 is 1.10 bits per heavy atom. The maximum Gasteiger partial charge on any atom is 0.257 e. The van der Waals surface area contributed by atoms with Crippen molar-refractivity contribution in [2.45, 2.75) is 6.92 Å². The predicted molar refractivity (Wildman–Crippen MR) is 123 cm³/mol. The van der Waals surface area contributed by atoms with E-state index in [0.29, 0.717) is 18.0 Å². The quantitative estimate of drug-likeness (QED) is 0.451. The summed E-state index contributed by atoms with van der Waals surface area (Å²) in [6.07, 6.45) is 4.00. The van der Waals surface area contributed by atoms with Crippen LogP contribution in [-0.2, 0) is 4.79 Å². The Labute approximate surface area is 179 Å². The van der Waals surface area contributed by atoms with Crippen LogP contribution in [0.5, 0.6) is 11.5 Å².